The number of nitrogens with zero attached hydrogens (tertiary/aromatic N) is 1. The highest BCUT2D eigenvalue weighted by atomic mass is 32.1. The van der Waals surface area contributed by atoms with E-state index in [-0.39, 0.29) is 0 Å². The van der Waals surface area contributed by atoms with Gasteiger partial charge in [0.15, 0.2) is 5.13 Å². The predicted octanol–water partition coefficient (Wildman–Crippen LogP) is 3.85. The Balaban J connectivity index is 2.43. The van der Waals surface area contributed by atoms with Crippen molar-refractivity contribution in [2.24, 2.45) is 0 Å². The van der Waals surface area contributed by atoms with Gasteiger partial charge in [-0.15, -0.1) is 0 Å². The summed E-state index contributed by atoms with van der Waals surface area (Å²) in [5, 5.41) is 4.27. The summed E-state index contributed by atoms with van der Waals surface area (Å²) in [5.41, 5.74) is 2.48. The molecule has 0 aliphatic rings. The van der Waals surface area contributed by atoms with Crippen LogP contribution in [0.15, 0.2) is 18.2 Å². The first-order valence-electron chi connectivity index (χ1n) is 5.35. The van der Waals surface area contributed by atoms with Gasteiger partial charge in [0.05, 0.1) is 10.2 Å². The molecule has 0 aliphatic heterocycles. The van der Waals surface area contributed by atoms with Crippen molar-refractivity contribution in [3.8, 4) is 0 Å². The second-order valence-corrected chi connectivity index (χ2v) is 4.96. The summed E-state index contributed by atoms with van der Waals surface area (Å²) in [4.78, 5) is 4.51. The van der Waals surface area contributed by atoms with Crippen LogP contribution in [0.1, 0.15) is 32.3 Å². The van der Waals surface area contributed by atoms with E-state index >= 15 is 0 Å². The molecule has 1 heterocycles. The van der Waals surface area contributed by atoms with Gasteiger partial charge in [0.25, 0.3) is 0 Å². The molecule has 0 unspecified atom stereocenters. The fraction of sp³-hybridized carbons (Fsp3) is 0.417. The summed E-state index contributed by atoms with van der Waals surface area (Å²) in [6.07, 6.45) is 0. The molecule has 0 amide bonds. The molecule has 0 saturated heterocycles. The fourth-order valence-electron chi connectivity index (χ4n) is 1.53. The lowest BCUT2D eigenvalue weighted by Crippen LogP contribution is -1.94. The van der Waals surface area contributed by atoms with Gasteiger partial charge in [0.1, 0.15) is 0 Å². The van der Waals surface area contributed by atoms with E-state index in [1.807, 2.05) is 0 Å². The molecule has 1 N–H and O–H groups in total. The molecule has 2 aromatic rings. The zero-order chi connectivity index (χ0) is 10.8. The maximum atomic E-state index is 4.51. The second-order valence-electron chi connectivity index (χ2n) is 3.93. The Morgan fingerprint density at radius 3 is 2.87 bits per heavy atom. The Kier molecular flexibility index (Phi) is 2.91. The first kappa shape index (κ1) is 10.4. The van der Waals surface area contributed by atoms with Crippen LogP contribution >= 0.6 is 11.3 Å². The minimum atomic E-state index is 0.582. The van der Waals surface area contributed by atoms with Gasteiger partial charge < -0.3 is 5.32 Å². The number of hydrogen-bond donors (Lipinski definition) is 1. The molecule has 1 aromatic carbocycles. The third kappa shape index (κ3) is 2.12. The monoisotopic (exact) mass is 220 g/mol. The Morgan fingerprint density at radius 2 is 2.20 bits per heavy atom. The summed E-state index contributed by atoms with van der Waals surface area (Å²) in [5.74, 6) is 0.582. The Bertz CT molecular complexity index is 460. The SMILES string of the molecule is CCNc1nc2ccc(C(C)C)cc2s1. The highest BCUT2D eigenvalue weighted by Gasteiger charge is 2.05. The second kappa shape index (κ2) is 4.19. The maximum absolute atomic E-state index is 4.51. The molecule has 3 heteroatoms. The van der Waals surface area contributed by atoms with Crippen molar-refractivity contribution < 1.29 is 0 Å². The largest absolute Gasteiger partial charge is 0.362 e. The Morgan fingerprint density at radius 1 is 1.40 bits per heavy atom. The van der Waals surface area contributed by atoms with Crippen LogP contribution in [0, 0.1) is 0 Å². The van der Waals surface area contributed by atoms with Gasteiger partial charge in [-0.2, -0.15) is 0 Å². The molecule has 0 fully saturated rings. The van der Waals surface area contributed by atoms with Gasteiger partial charge in [0, 0.05) is 6.54 Å². The first-order chi connectivity index (χ1) is 7.20. The Labute approximate surface area is 94.3 Å². The average Bonchev–Trinajstić information content (AvgIpc) is 2.59. The van der Waals surface area contributed by atoms with Crippen LogP contribution in [0.4, 0.5) is 5.13 Å². The molecule has 15 heavy (non-hydrogen) atoms. The van der Waals surface area contributed by atoms with E-state index in [0.29, 0.717) is 5.92 Å². The van der Waals surface area contributed by atoms with E-state index in [0.717, 1.165) is 17.2 Å². The van der Waals surface area contributed by atoms with E-state index in [4.69, 9.17) is 0 Å². The molecule has 0 bridgehead atoms. The number of benzene rings is 1. The molecule has 2 nitrogen and oxygen atoms in total. The molecule has 0 atom stereocenters. The molecule has 0 aliphatic carbocycles. The van der Waals surface area contributed by atoms with Crippen molar-refractivity contribution in [3.05, 3.63) is 23.8 Å². The molecule has 0 radical (unpaired) electrons. The van der Waals surface area contributed by atoms with Gasteiger partial charge in [-0.1, -0.05) is 31.3 Å². The van der Waals surface area contributed by atoms with Gasteiger partial charge in [-0.05, 0) is 30.5 Å². The van der Waals surface area contributed by atoms with E-state index in [1.54, 1.807) is 11.3 Å². The van der Waals surface area contributed by atoms with Crippen molar-refractivity contribution in [1.29, 1.82) is 0 Å². The standard InChI is InChI=1S/C12H16N2S/c1-4-13-12-14-10-6-5-9(8(2)3)7-11(10)15-12/h5-8H,4H2,1-3H3,(H,13,14). The fourth-order valence-corrected chi connectivity index (χ4v) is 2.51. The third-order valence-corrected chi connectivity index (χ3v) is 3.38. The van der Waals surface area contributed by atoms with Gasteiger partial charge in [0.2, 0.25) is 0 Å². The van der Waals surface area contributed by atoms with Gasteiger partial charge in [-0.25, -0.2) is 4.98 Å². The number of hydrogen-bond acceptors (Lipinski definition) is 3. The molecular formula is C12H16N2S. The highest BCUT2D eigenvalue weighted by molar-refractivity contribution is 7.22. The summed E-state index contributed by atoms with van der Waals surface area (Å²) in [6.45, 7) is 7.45. The lowest BCUT2D eigenvalue weighted by molar-refractivity contribution is 0.869. The first-order valence-corrected chi connectivity index (χ1v) is 6.16. The molecule has 0 saturated carbocycles. The average molecular weight is 220 g/mol. The minimum Gasteiger partial charge on any atom is -0.362 e. The molecule has 2 rings (SSSR count). The number of thiazole rings is 1. The number of nitrogens with one attached hydrogen (secondary N) is 1. The smallest absolute Gasteiger partial charge is 0.183 e. The number of fused-ring (bicyclic) bond motifs is 1. The van der Waals surface area contributed by atoms with E-state index in [9.17, 15) is 0 Å². The number of aromatic nitrogens is 1. The van der Waals surface area contributed by atoms with Crippen LogP contribution in [-0.4, -0.2) is 11.5 Å². The van der Waals surface area contributed by atoms with Crippen molar-refractivity contribution in [3.63, 3.8) is 0 Å². The zero-order valence-electron chi connectivity index (χ0n) is 9.37. The summed E-state index contributed by atoms with van der Waals surface area (Å²) < 4.78 is 1.28. The lowest BCUT2D eigenvalue weighted by atomic mass is 10.0. The van der Waals surface area contributed by atoms with Crippen LogP contribution in [0.25, 0.3) is 10.2 Å². The zero-order valence-corrected chi connectivity index (χ0v) is 10.2. The lowest BCUT2D eigenvalue weighted by Gasteiger charge is -2.03. The normalized spacial score (nSPS) is 11.2. The number of rotatable bonds is 3. The summed E-state index contributed by atoms with van der Waals surface area (Å²) in [6, 6.07) is 6.53. The van der Waals surface area contributed by atoms with Crippen LogP contribution in [0.2, 0.25) is 0 Å². The van der Waals surface area contributed by atoms with E-state index in [1.165, 1.54) is 10.3 Å². The maximum Gasteiger partial charge on any atom is 0.183 e. The molecule has 1 aromatic heterocycles. The highest BCUT2D eigenvalue weighted by Crippen LogP contribution is 2.28. The van der Waals surface area contributed by atoms with Crippen molar-refractivity contribution in [2.45, 2.75) is 26.7 Å². The molecule has 80 valence electrons. The summed E-state index contributed by atoms with van der Waals surface area (Å²) >= 11 is 1.73. The third-order valence-electron chi connectivity index (χ3n) is 2.41. The van der Waals surface area contributed by atoms with E-state index < -0.39 is 0 Å². The molecular weight excluding hydrogens is 204 g/mol. The van der Waals surface area contributed by atoms with Crippen molar-refractivity contribution >= 4 is 26.7 Å². The molecule has 0 spiro atoms. The van der Waals surface area contributed by atoms with Gasteiger partial charge >= 0.3 is 0 Å². The topological polar surface area (TPSA) is 24.9 Å². The van der Waals surface area contributed by atoms with Crippen LogP contribution in [0.5, 0.6) is 0 Å². The van der Waals surface area contributed by atoms with Crippen LogP contribution < -0.4 is 5.32 Å². The van der Waals surface area contributed by atoms with E-state index in [2.05, 4.69) is 49.3 Å². The van der Waals surface area contributed by atoms with Crippen molar-refractivity contribution in [2.75, 3.05) is 11.9 Å². The van der Waals surface area contributed by atoms with Crippen LogP contribution in [-0.2, 0) is 0 Å². The minimum absolute atomic E-state index is 0.582. The Hall–Kier alpha value is -1.09. The quantitative estimate of drug-likeness (QED) is 0.849. The van der Waals surface area contributed by atoms with Gasteiger partial charge in [-0.3, -0.25) is 0 Å². The predicted molar refractivity (Wildman–Crippen MR) is 67.9 cm³/mol. The summed E-state index contributed by atoms with van der Waals surface area (Å²) in [7, 11) is 0. The number of anilines is 1. The van der Waals surface area contributed by atoms with Crippen LogP contribution in [0.3, 0.4) is 0 Å². The van der Waals surface area contributed by atoms with Crippen molar-refractivity contribution in [1.82, 2.24) is 4.98 Å².